The second-order valence-corrected chi connectivity index (χ2v) is 20.7. The van der Waals surface area contributed by atoms with Gasteiger partial charge in [0.15, 0.2) is 46.1 Å². The molecule has 2 fully saturated rings. The predicted molar refractivity (Wildman–Crippen MR) is 316 cm³/mol. The summed E-state index contributed by atoms with van der Waals surface area (Å²) in [6, 6.07) is 30.8. The smallest absolute Gasteiger partial charge is 0.550 e. The van der Waals surface area contributed by atoms with Gasteiger partial charge in [0.2, 0.25) is 23.6 Å². The van der Waals surface area contributed by atoms with E-state index in [-0.39, 0.29) is 111 Å². The molecule has 6 aromatic carbocycles. The maximum Gasteiger partial charge on any atom is 2.00 e. The van der Waals surface area contributed by atoms with Crippen LogP contribution in [0.25, 0.3) is 21.8 Å². The van der Waals surface area contributed by atoms with E-state index in [1.54, 1.807) is 84.9 Å². The van der Waals surface area contributed by atoms with Crippen molar-refractivity contribution in [2.45, 2.75) is 51.4 Å². The average Bonchev–Trinajstić information content (AvgIpc) is 1.80. The minimum Gasteiger partial charge on any atom is -0.550 e. The first kappa shape index (κ1) is 64.5. The van der Waals surface area contributed by atoms with Crippen molar-refractivity contribution < 1.29 is 76.2 Å². The van der Waals surface area contributed by atoms with Gasteiger partial charge in [0.1, 0.15) is 22.3 Å². The number of benzene rings is 6. The summed E-state index contributed by atoms with van der Waals surface area (Å²) in [4.78, 5) is 81.7. The number of halogens is 4. The van der Waals surface area contributed by atoms with E-state index < -0.39 is 58.0 Å². The molecule has 0 aliphatic heterocycles. The van der Waals surface area contributed by atoms with Crippen LogP contribution in [0, 0.1) is 22.5 Å². The van der Waals surface area contributed by atoms with Crippen molar-refractivity contribution >= 4 is 141 Å². The molecule has 8 aromatic rings. The molecule has 0 atom stereocenters. The third-order valence-corrected chi connectivity index (χ3v) is 14.2. The van der Waals surface area contributed by atoms with Crippen LogP contribution < -0.4 is 59.9 Å². The Morgan fingerprint density at radius 1 is 0.483 bits per heavy atom. The molecule has 10 rings (SSSR count). The van der Waals surface area contributed by atoms with E-state index in [0.29, 0.717) is 91.9 Å². The van der Waals surface area contributed by atoms with Crippen LogP contribution in [0.5, 0.6) is 46.0 Å². The molecule has 2 heterocycles. The Hall–Kier alpha value is -8.54. The first-order valence-corrected chi connectivity index (χ1v) is 27.4. The fourth-order valence-corrected chi connectivity index (χ4v) is 9.22. The summed E-state index contributed by atoms with van der Waals surface area (Å²) in [6.45, 7) is 0.266. The molecule has 0 saturated heterocycles. The van der Waals surface area contributed by atoms with Crippen LogP contribution in [0.2, 0.25) is 10.0 Å². The number of rotatable bonds is 24. The molecular weight excluding hydrogens is 1200 g/mol. The van der Waals surface area contributed by atoms with Gasteiger partial charge in [0, 0.05) is 92.2 Å². The largest absolute Gasteiger partial charge is 2.00 e. The number of nitrogens with zero attached hydrogens (tertiary/aromatic N) is 2. The number of fused-ring (bicyclic) bond motifs is 2. The molecule has 0 spiro atoms. The van der Waals surface area contributed by atoms with Crippen LogP contribution in [0.3, 0.4) is 0 Å². The number of methoxy groups -OCH3 is 2. The van der Waals surface area contributed by atoms with Gasteiger partial charge in [0.25, 0.3) is 0 Å². The van der Waals surface area contributed by atoms with Gasteiger partial charge >= 0.3 is 37.7 Å². The van der Waals surface area contributed by atoms with Crippen molar-refractivity contribution in [2.24, 2.45) is 10.8 Å². The summed E-state index contributed by atoms with van der Waals surface area (Å²) in [7, 11) is 2.90. The number of carbonyl (C=O) groups excluding carboxylic acids is 6. The van der Waals surface area contributed by atoms with Crippen molar-refractivity contribution in [3.8, 4) is 46.0 Å². The summed E-state index contributed by atoms with van der Waals surface area (Å²) in [5.41, 5.74) is -0.272. The molecule has 0 radical (unpaired) electrons. The first-order valence-electron chi connectivity index (χ1n) is 26.7. The molecule has 2 aliphatic carbocycles. The van der Waals surface area contributed by atoms with E-state index >= 15 is 8.78 Å². The summed E-state index contributed by atoms with van der Waals surface area (Å²) < 4.78 is 64.2. The van der Waals surface area contributed by atoms with Crippen LogP contribution >= 0.6 is 23.2 Å². The standard InChI is InChI=1S/2C31H27ClFN3O7.Ca/c2*1-41-26-16-21-23(17-27(26)42-13-3-6-28(37)38)34-12-9-24(21)43-25-8-7-20(15-22(25)33)36-30(40)31(10-11-31)29(39)35-19-5-2-4-18(32)14-19;/h2*2,4-5,7-9,12,14-17H,3,6,10-11,13H2,1H3,(H,35,39)(H,36,40)(H,37,38);/q;;+2/p-2. The van der Waals surface area contributed by atoms with Crippen LogP contribution in [0.4, 0.5) is 31.5 Å². The van der Waals surface area contributed by atoms with E-state index in [4.69, 9.17) is 51.6 Å². The van der Waals surface area contributed by atoms with Gasteiger partial charge in [0.05, 0.1) is 38.5 Å². The zero-order chi connectivity index (χ0) is 61.1. The number of hydrogen-bond donors (Lipinski definition) is 4. The van der Waals surface area contributed by atoms with Gasteiger partial charge in [-0.1, -0.05) is 35.3 Å². The van der Waals surface area contributed by atoms with Crippen molar-refractivity contribution in [3.63, 3.8) is 0 Å². The molecule has 0 unspecified atom stereocenters. The van der Waals surface area contributed by atoms with E-state index in [2.05, 4.69) is 31.2 Å². The topological polar surface area (TPSA) is 278 Å². The third kappa shape index (κ3) is 16.1. The van der Waals surface area contributed by atoms with Gasteiger partial charge in [-0.2, -0.15) is 0 Å². The molecule has 0 bridgehead atoms. The second-order valence-electron chi connectivity index (χ2n) is 19.8. The molecule has 4 N–H and O–H groups in total. The van der Waals surface area contributed by atoms with Crippen LogP contribution in [0.1, 0.15) is 51.4 Å². The summed E-state index contributed by atoms with van der Waals surface area (Å²) in [6.07, 6.45) is 4.65. The van der Waals surface area contributed by atoms with E-state index in [1.165, 1.54) is 50.9 Å². The number of aliphatic carboxylic acids is 2. The normalized spacial score (nSPS) is 13.0. The molecule has 20 nitrogen and oxygen atoms in total. The summed E-state index contributed by atoms with van der Waals surface area (Å²) in [5.74, 6) is -4.00. The number of amides is 4. The number of carboxylic acid groups (broad SMARTS) is 2. The van der Waals surface area contributed by atoms with Crippen LogP contribution in [-0.2, 0) is 28.8 Å². The number of pyridine rings is 2. The Kier molecular flexibility index (Phi) is 21.3. The van der Waals surface area contributed by atoms with Crippen molar-refractivity contribution in [1.29, 1.82) is 0 Å². The summed E-state index contributed by atoms with van der Waals surface area (Å²) >= 11 is 12.0. The monoisotopic (exact) mass is 1250 g/mol. The quantitative estimate of drug-likeness (QED) is 0.0249. The Bertz CT molecular complexity index is 3680. The Morgan fingerprint density at radius 3 is 1.17 bits per heavy atom. The number of carboxylic acids is 2. The number of nitrogens with one attached hydrogen (secondary N) is 4. The molecular formula is C62H52CaCl2F2N6O14. The number of ether oxygens (including phenoxy) is 6. The molecule has 87 heavy (non-hydrogen) atoms. The van der Waals surface area contributed by atoms with E-state index in [9.17, 15) is 39.0 Å². The molecule has 25 heteroatoms. The number of carbonyl (C=O) groups is 6. The number of aromatic nitrogens is 2. The van der Waals surface area contributed by atoms with Gasteiger partial charge in [-0.25, -0.2) is 8.78 Å². The number of hydrogen-bond acceptors (Lipinski definition) is 16. The fraction of sp³-hybridized carbons (Fsp3) is 0.226. The second kappa shape index (κ2) is 28.8. The molecule has 2 aliphatic rings. The van der Waals surface area contributed by atoms with Gasteiger partial charge in [-0.3, -0.25) is 29.1 Å². The van der Waals surface area contributed by atoms with E-state index in [1.807, 2.05) is 0 Å². The van der Waals surface area contributed by atoms with Crippen molar-refractivity contribution in [3.05, 3.63) is 155 Å². The first-order chi connectivity index (χ1) is 41.4. The van der Waals surface area contributed by atoms with Gasteiger partial charge in [-0.15, -0.1) is 0 Å². The molecule has 444 valence electrons. The number of anilines is 4. The molecule has 2 saturated carbocycles. The Balaban J connectivity index is 0.000000223. The Morgan fingerprint density at radius 2 is 0.851 bits per heavy atom. The molecule has 4 amide bonds. The minimum atomic E-state index is -1.25. The SMILES string of the molecule is COc1cc2c(Oc3ccc(NC(=O)C4(C(=O)Nc5cccc(Cl)c5)CC4)cc3F)ccnc2cc1OCCCC(=O)[O-].COc1cc2c(Oc3ccc(NC(=O)C4(C(=O)Nc5cccc(Cl)c5)CC4)cc3F)ccnc2cc1OCCCC(=O)[O-].[Ca+2]. The average molecular weight is 1250 g/mol. The minimum absolute atomic E-state index is 0. The van der Waals surface area contributed by atoms with Gasteiger partial charge in [-0.05, 0) is 136 Å². The maximum atomic E-state index is 15.1. The Labute approximate surface area is 535 Å². The summed E-state index contributed by atoms with van der Waals surface area (Å²) in [5, 5.41) is 33.9. The van der Waals surface area contributed by atoms with Crippen LogP contribution in [0.15, 0.2) is 134 Å². The van der Waals surface area contributed by atoms with Crippen molar-refractivity contribution in [2.75, 3.05) is 48.7 Å². The van der Waals surface area contributed by atoms with E-state index in [0.717, 1.165) is 12.1 Å². The third-order valence-electron chi connectivity index (χ3n) is 13.8. The fourth-order valence-electron chi connectivity index (χ4n) is 8.84. The zero-order valence-electron chi connectivity index (χ0n) is 46.6. The molecule has 2 aromatic heterocycles. The van der Waals surface area contributed by atoms with Gasteiger partial charge < -0.3 is 69.5 Å². The zero-order valence-corrected chi connectivity index (χ0v) is 50.3. The van der Waals surface area contributed by atoms with Crippen molar-refractivity contribution in [1.82, 2.24) is 9.97 Å². The predicted octanol–water partition coefficient (Wildman–Crippen LogP) is 9.81. The maximum absolute atomic E-state index is 15.1. The van der Waals surface area contributed by atoms with Crippen LogP contribution in [-0.4, -0.2) is 111 Å².